The number of hydrogen-bond acceptors (Lipinski definition) is 4. The number of phosphoric acid groups is 1. The average Bonchev–Trinajstić information content (AvgIpc) is 2.05. The van der Waals surface area contributed by atoms with Gasteiger partial charge in [-0.3, -0.25) is 4.57 Å². The first-order valence-electron chi connectivity index (χ1n) is 4.72. The van der Waals surface area contributed by atoms with Crippen LogP contribution in [0.25, 0.3) is 0 Å². The van der Waals surface area contributed by atoms with Crippen LogP contribution in [0.4, 0.5) is 0 Å². The zero-order valence-electron chi connectivity index (χ0n) is 9.32. The summed E-state index contributed by atoms with van der Waals surface area (Å²) in [6.45, 7) is 4.39. The average molecular weight is 248 g/mol. The molecule has 0 atom stereocenters. The fourth-order valence-electron chi connectivity index (χ4n) is 0.679. The van der Waals surface area contributed by atoms with E-state index < -0.39 is 7.82 Å². The molecule has 0 heterocycles. The van der Waals surface area contributed by atoms with E-state index in [1.807, 2.05) is 13.8 Å². The maximum Gasteiger partial charge on any atom is 1.00 e. The van der Waals surface area contributed by atoms with Crippen molar-refractivity contribution in [2.45, 2.75) is 39.5 Å². The molecule has 14 heavy (non-hydrogen) atoms. The van der Waals surface area contributed by atoms with Gasteiger partial charge in [0.2, 0.25) is 0 Å². The third-order valence-corrected chi connectivity index (χ3v) is 2.49. The van der Waals surface area contributed by atoms with Crippen LogP contribution in [0.15, 0.2) is 0 Å². The van der Waals surface area contributed by atoms with Crippen molar-refractivity contribution in [1.29, 1.82) is 0 Å². The Morgan fingerprint density at radius 3 is 1.71 bits per heavy atom. The fraction of sp³-hybridized carbons (Fsp3) is 1.00. The summed E-state index contributed by atoms with van der Waals surface area (Å²) in [7, 11) is -4.00. The third-order valence-electron chi connectivity index (χ3n) is 1.49. The van der Waals surface area contributed by atoms with E-state index in [1.165, 1.54) is 0 Å². The molecule has 0 aliphatic carbocycles. The van der Waals surface area contributed by atoms with Crippen molar-refractivity contribution in [2.24, 2.45) is 0 Å². The van der Waals surface area contributed by atoms with E-state index in [1.54, 1.807) is 0 Å². The Bertz CT molecular complexity index is 151. The van der Waals surface area contributed by atoms with Crippen LogP contribution in [0.5, 0.6) is 0 Å². The minimum atomic E-state index is -4.00. The Kier molecular flexibility index (Phi) is 14.5. The summed E-state index contributed by atoms with van der Waals surface area (Å²) in [6.07, 6.45) is 3.30. The zero-order chi connectivity index (χ0) is 10.2. The van der Waals surface area contributed by atoms with Crippen LogP contribution >= 0.6 is 7.82 Å². The molecular formula is C8H18KO4P. The van der Waals surface area contributed by atoms with Gasteiger partial charge in [-0.05, 0) is 12.8 Å². The van der Waals surface area contributed by atoms with Crippen molar-refractivity contribution >= 4 is 7.82 Å². The zero-order valence-corrected chi connectivity index (χ0v) is 13.3. The second-order valence-corrected chi connectivity index (χ2v) is 4.23. The maximum atomic E-state index is 11.0. The van der Waals surface area contributed by atoms with Gasteiger partial charge in [0.1, 0.15) is 0 Å². The van der Waals surface area contributed by atoms with E-state index in [2.05, 4.69) is 9.05 Å². The topological polar surface area (TPSA) is 58.6 Å². The largest absolute Gasteiger partial charge is 1.00 e. The molecule has 80 valence electrons. The van der Waals surface area contributed by atoms with Crippen molar-refractivity contribution in [3.05, 3.63) is 0 Å². The molecule has 0 saturated carbocycles. The van der Waals surface area contributed by atoms with Crippen LogP contribution in [0.3, 0.4) is 0 Å². The van der Waals surface area contributed by atoms with E-state index in [4.69, 9.17) is 0 Å². The molecule has 0 unspecified atom stereocenters. The Morgan fingerprint density at radius 2 is 1.43 bits per heavy atom. The SMILES string of the molecule is CCCCOP(=O)([O-])OCCCC.[K+]. The van der Waals surface area contributed by atoms with Crippen LogP contribution in [0, 0.1) is 0 Å². The molecule has 0 radical (unpaired) electrons. The van der Waals surface area contributed by atoms with Crippen molar-refractivity contribution in [2.75, 3.05) is 13.2 Å². The van der Waals surface area contributed by atoms with E-state index in [0.29, 0.717) is 0 Å². The second-order valence-electron chi connectivity index (χ2n) is 2.82. The first kappa shape index (κ1) is 18.1. The van der Waals surface area contributed by atoms with Crippen molar-refractivity contribution in [1.82, 2.24) is 0 Å². The molecule has 0 aliphatic heterocycles. The van der Waals surface area contributed by atoms with Crippen LogP contribution in [-0.4, -0.2) is 13.2 Å². The molecular weight excluding hydrogens is 230 g/mol. The van der Waals surface area contributed by atoms with Gasteiger partial charge < -0.3 is 13.9 Å². The molecule has 4 nitrogen and oxygen atoms in total. The first-order valence-corrected chi connectivity index (χ1v) is 6.18. The number of hydrogen-bond donors (Lipinski definition) is 0. The molecule has 6 heteroatoms. The maximum absolute atomic E-state index is 11.0. The molecule has 0 aromatic heterocycles. The molecule has 0 spiro atoms. The fourth-order valence-corrected chi connectivity index (χ4v) is 1.46. The number of phosphoric ester groups is 1. The second kappa shape index (κ2) is 11.2. The van der Waals surface area contributed by atoms with Crippen molar-refractivity contribution in [3.63, 3.8) is 0 Å². The van der Waals surface area contributed by atoms with E-state index in [-0.39, 0.29) is 64.6 Å². The smallest absolute Gasteiger partial charge is 0.756 e. The third kappa shape index (κ3) is 11.8. The van der Waals surface area contributed by atoms with Crippen molar-refractivity contribution in [3.8, 4) is 0 Å². The molecule has 0 aromatic rings. The predicted octanol–water partition coefficient (Wildman–Crippen LogP) is -0.908. The van der Waals surface area contributed by atoms with Gasteiger partial charge in [0.05, 0.1) is 13.2 Å². The Hall–Kier alpha value is 1.75. The molecule has 0 amide bonds. The van der Waals surface area contributed by atoms with Crippen molar-refractivity contribution < 1.29 is 69.9 Å². The van der Waals surface area contributed by atoms with E-state index in [9.17, 15) is 9.46 Å². The van der Waals surface area contributed by atoms with Gasteiger partial charge in [0, 0.05) is 0 Å². The molecule has 0 saturated heterocycles. The van der Waals surface area contributed by atoms with Crippen LogP contribution in [0.2, 0.25) is 0 Å². The molecule has 0 N–H and O–H groups in total. The van der Waals surface area contributed by atoms with Gasteiger partial charge in [-0.2, -0.15) is 0 Å². The normalized spacial score (nSPS) is 11.1. The summed E-state index contributed by atoms with van der Waals surface area (Å²) >= 11 is 0. The summed E-state index contributed by atoms with van der Waals surface area (Å²) in [4.78, 5) is 11.0. The summed E-state index contributed by atoms with van der Waals surface area (Å²) in [5.41, 5.74) is 0. The summed E-state index contributed by atoms with van der Waals surface area (Å²) in [5, 5.41) is 0. The van der Waals surface area contributed by atoms with Gasteiger partial charge in [-0.15, -0.1) is 0 Å². The molecule has 0 aromatic carbocycles. The van der Waals surface area contributed by atoms with Gasteiger partial charge in [0.25, 0.3) is 7.82 Å². The predicted molar refractivity (Wildman–Crippen MR) is 49.3 cm³/mol. The summed E-state index contributed by atoms with van der Waals surface area (Å²) in [6, 6.07) is 0. The first-order chi connectivity index (χ1) is 6.12. The van der Waals surface area contributed by atoms with Crippen LogP contribution < -0.4 is 56.3 Å². The quantitative estimate of drug-likeness (QED) is 0.317. The molecule has 0 bridgehead atoms. The number of unbranched alkanes of at least 4 members (excludes halogenated alkanes) is 2. The van der Waals surface area contributed by atoms with E-state index in [0.717, 1.165) is 25.7 Å². The van der Waals surface area contributed by atoms with Gasteiger partial charge >= 0.3 is 51.4 Å². The van der Waals surface area contributed by atoms with Crippen LogP contribution in [-0.2, 0) is 13.6 Å². The monoisotopic (exact) mass is 248 g/mol. The molecule has 0 fully saturated rings. The van der Waals surface area contributed by atoms with Gasteiger partial charge in [-0.1, -0.05) is 26.7 Å². The summed E-state index contributed by atoms with van der Waals surface area (Å²) in [5.74, 6) is 0. The Morgan fingerprint density at radius 1 is 1.07 bits per heavy atom. The van der Waals surface area contributed by atoms with E-state index >= 15 is 0 Å². The molecule has 0 aliphatic rings. The Balaban J connectivity index is 0. The Labute approximate surface area is 129 Å². The van der Waals surface area contributed by atoms with Gasteiger partial charge in [0.15, 0.2) is 0 Å². The van der Waals surface area contributed by atoms with Gasteiger partial charge in [-0.25, -0.2) is 0 Å². The summed E-state index contributed by atoms with van der Waals surface area (Å²) < 4.78 is 20.2. The minimum absolute atomic E-state index is 0. The minimum Gasteiger partial charge on any atom is -0.756 e. The number of rotatable bonds is 8. The standard InChI is InChI=1S/C8H19O4P.K/c1-3-5-7-11-13(9,10)12-8-6-4-2;/h3-8H2,1-2H3,(H,9,10);/q;+1/p-1. The molecule has 0 rings (SSSR count). The van der Waals surface area contributed by atoms with Crippen LogP contribution in [0.1, 0.15) is 39.5 Å².